The molecule has 3 rings (SSSR count). The number of likely N-dealkylation sites (N-methyl/N-ethyl adjacent to an activating group) is 1. The van der Waals surface area contributed by atoms with Gasteiger partial charge in [0.25, 0.3) is 5.91 Å². The SMILES string of the molecule is CCc1ccc(CN(C)C(=O)CN2C(=O)CN(C3CC3)C2=O)cc1. The minimum Gasteiger partial charge on any atom is -0.340 e. The molecule has 128 valence electrons. The molecule has 2 aliphatic rings. The predicted octanol–water partition coefficient (Wildman–Crippen LogP) is 1.63. The van der Waals surface area contributed by atoms with Crippen LogP contribution in [0.3, 0.4) is 0 Å². The summed E-state index contributed by atoms with van der Waals surface area (Å²) in [5, 5.41) is 0. The van der Waals surface area contributed by atoms with E-state index in [1.165, 1.54) is 5.56 Å². The van der Waals surface area contributed by atoms with Crippen molar-refractivity contribution < 1.29 is 14.4 Å². The van der Waals surface area contributed by atoms with Crippen molar-refractivity contribution in [3.8, 4) is 0 Å². The Labute approximate surface area is 142 Å². The van der Waals surface area contributed by atoms with Gasteiger partial charge in [-0.25, -0.2) is 4.79 Å². The number of amides is 4. The Morgan fingerprint density at radius 1 is 1.17 bits per heavy atom. The van der Waals surface area contributed by atoms with Gasteiger partial charge in [0.15, 0.2) is 0 Å². The highest BCUT2D eigenvalue weighted by atomic mass is 16.2. The molecule has 1 aliphatic carbocycles. The maximum absolute atomic E-state index is 12.4. The zero-order chi connectivity index (χ0) is 17.3. The molecule has 0 unspecified atom stereocenters. The molecule has 6 nitrogen and oxygen atoms in total. The number of urea groups is 1. The molecule has 2 fully saturated rings. The Balaban J connectivity index is 1.57. The lowest BCUT2D eigenvalue weighted by atomic mass is 10.1. The average molecular weight is 329 g/mol. The maximum Gasteiger partial charge on any atom is 0.327 e. The predicted molar refractivity (Wildman–Crippen MR) is 89.1 cm³/mol. The highest BCUT2D eigenvalue weighted by molar-refractivity contribution is 6.04. The highest BCUT2D eigenvalue weighted by Gasteiger charge is 2.44. The summed E-state index contributed by atoms with van der Waals surface area (Å²) >= 11 is 0. The van der Waals surface area contributed by atoms with Crippen LogP contribution in [-0.4, -0.2) is 58.7 Å². The second-order valence-electron chi connectivity index (χ2n) is 6.54. The molecule has 4 amide bonds. The van der Waals surface area contributed by atoms with Crippen LogP contribution in [0, 0.1) is 0 Å². The monoisotopic (exact) mass is 329 g/mol. The molecular formula is C18H23N3O3. The number of benzene rings is 1. The molecule has 0 N–H and O–H groups in total. The molecular weight excluding hydrogens is 306 g/mol. The van der Waals surface area contributed by atoms with Crippen molar-refractivity contribution in [2.24, 2.45) is 0 Å². The van der Waals surface area contributed by atoms with Crippen molar-refractivity contribution in [3.05, 3.63) is 35.4 Å². The Bertz CT molecular complexity index is 652. The van der Waals surface area contributed by atoms with Crippen LogP contribution >= 0.6 is 0 Å². The molecule has 1 aromatic carbocycles. The van der Waals surface area contributed by atoms with E-state index >= 15 is 0 Å². The van der Waals surface area contributed by atoms with Crippen molar-refractivity contribution in [1.29, 1.82) is 0 Å². The fourth-order valence-electron chi connectivity index (χ4n) is 2.89. The molecule has 24 heavy (non-hydrogen) atoms. The van der Waals surface area contributed by atoms with Gasteiger partial charge in [0.1, 0.15) is 13.1 Å². The zero-order valence-corrected chi connectivity index (χ0v) is 14.2. The van der Waals surface area contributed by atoms with Gasteiger partial charge in [0.2, 0.25) is 5.91 Å². The number of carbonyl (C=O) groups excluding carboxylic acids is 3. The van der Waals surface area contributed by atoms with Crippen molar-refractivity contribution >= 4 is 17.8 Å². The molecule has 1 saturated carbocycles. The van der Waals surface area contributed by atoms with Crippen LogP contribution in [0.1, 0.15) is 30.9 Å². The number of hydrogen-bond donors (Lipinski definition) is 0. The van der Waals surface area contributed by atoms with Gasteiger partial charge < -0.3 is 9.80 Å². The minimum absolute atomic E-state index is 0.110. The van der Waals surface area contributed by atoms with E-state index in [1.54, 1.807) is 16.8 Å². The summed E-state index contributed by atoms with van der Waals surface area (Å²) in [7, 11) is 1.69. The lowest BCUT2D eigenvalue weighted by Crippen LogP contribution is -2.42. The number of imide groups is 1. The Kier molecular flexibility index (Phi) is 4.55. The number of nitrogens with zero attached hydrogens (tertiary/aromatic N) is 3. The van der Waals surface area contributed by atoms with Gasteiger partial charge in [-0.15, -0.1) is 0 Å². The molecule has 0 atom stereocenters. The number of aryl methyl sites for hydroxylation is 1. The second-order valence-corrected chi connectivity index (χ2v) is 6.54. The van der Waals surface area contributed by atoms with Crippen molar-refractivity contribution in [3.63, 3.8) is 0 Å². The van der Waals surface area contributed by atoms with Crippen LogP contribution in [0.25, 0.3) is 0 Å². The topological polar surface area (TPSA) is 60.9 Å². The molecule has 1 aliphatic heterocycles. The summed E-state index contributed by atoms with van der Waals surface area (Å²) in [5.41, 5.74) is 2.28. The first kappa shape index (κ1) is 16.5. The third-order valence-electron chi connectivity index (χ3n) is 4.64. The Morgan fingerprint density at radius 2 is 1.79 bits per heavy atom. The van der Waals surface area contributed by atoms with Crippen molar-refractivity contribution in [2.45, 2.75) is 38.8 Å². The molecule has 1 saturated heterocycles. The molecule has 0 spiro atoms. The van der Waals surface area contributed by atoms with Crippen molar-refractivity contribution in [2.75, 3.05) is 20.1 Å². The van der Waals surface area contributed by atoms with Gasteiger partial charge in [0.05, 0.1) is 0 Å². The minimum atomic E-state index is -0.323. The third kappa shape index (κ3) is 3.42. The zero-order valence-electron chi connectivity index (χ0n) is 14.2. The van der Waals surface area contributed by atoms with E-state index in [-0.39, 0.29) is 37.0 Å². The van der Waals surface area contributed by atoms with Crippen LogP contribution in [-0.2, 0) is 22.6 Å². The molecule has 6 heteroatoms. The van der Waals surface area contributed by atoms with Gasteiger partial charge in [-0.2, -0.15) is 0 Å². The fourth-order valence-corrected chi connectivity index (χ4v) is 2.89. The average Bonchev–Trinajstić information content (AvgIpc) is 3.38. The molecule has 0 bridgehead atoms. The quantitative estimate of drug-likeness (QED) is 0.745. The number of hydrogen-bond acceptors (Lipinski definition) is 3. The summed E-state index contributed by atoms with van der Waals surface area (Å²) in [6.07, 6.45) is 2.88. The Hall–Kier alpha value is -2.37. The van der Waals surface area contributed by atoms with E-state index in [1.807, 2.05) is 12.1 Å². The summed E-state index contributed by atoms with van der Waals surface area (Å²) in [4.78, 5) is 40.8. The Morgan fingerprint density at radius 3 is 2.38 bits per heavy atom. The van der Waals surface area contributed by atoms with Crippen LogP contribution in [0.15, 0.2) is 24.3 Å². The van der Waals surface area contributed by atoms with Gasteiger partial charge in [-0.1, -0.05) is 31.2 Å². The standard InChI is InChI=1S/C18H23N3O3/c1-3-13-4-6-14(7-5-13)10-19(2)16(22)11-21-17(23)12-20(18(21)24)15-8-9-15/h4-7,15H,3,8-12H2,1-2H3. The lowest BCUT2D eigenvalue weighted by Gasteiger charge is -2.21. The highest BCUT2D eigenvalue weighted by Crippen LogP contribution is 2.30. The van der Waals surface area contributed by atoms with E-state index in [4.69, 9.17) is 0 Å². The lowest BCUT2D eigenvalue weighted by molar-refractivity contribution is -0.136. The van der Waals surface area contributed by atoms with Crippen LogP contribution < -0.4 is 0 Å². The summed E-state index contributed by atoms with van der Waals surface area (Å²) < 4.78 is 0. The van der Waals surface area contributed by atoms with Gasteiger partial charge in [0, 0.05) is 19.6 Å². The first-order valence-electron chi connectivity index (χ1n) is 8.42. The molecule has 0 aromatic heterocycles. The van der Waals surface area contributed by atoms with E-state index in [0.717, 1.165) is 29.7 Å². The van der Waals surface area contributed by atoms with Crippen LogP contribution in [0.4, 0.5) is 4.79 Å². The third-order valence-corrected chi connectivity index (χ3v) is 4.64. The smallest absolute Gasteiger partial charge is 0.327 e. The van der Waals surface area contributed by atoms with E-state index < -0.39 is 0 Å². The summed E-state index contributed by atoms with van der Waals surface area (Å²) in [6.45, 7) is 2.49. The number of rotatable bonds is 6. The largest absolute Gasteiger partial charge is 0.340 e. The molecule has 1 aromatic rings. The first-order chi connectivity index (χ1) is 11.5. The maximum atomic E-state index is 12.4. The van der Waals surface area contributed by atoms with Crippen molar-refractivity contribution in [1.82, 2.24) is 14.7 Å². The normalized spacial score (nSPS) is 17.6. The van der Waals surface area contributed by atoms with Crippen LogP contribution in [0.2, 0.25) is 0 Å². The molecule has 1 heterocycles. The molecule has 0 radical (unpaired) electrons. The van der Waals surface area contributed by atoms with Gasteiger partial charge in [-0.05, 0) is 30.4 Å². The van der Waals surface area contributed by atoms with Crippen LogP contribution in [0.5, 0.6) is 0 Å². The van der Waals surface area contributed by atoms with Gasteiger partial charge in [-0.3, -0.25) is 14.5 Å². The van der Waals surface area contributed by atoms with E-state index in [9.17, 15) is 14.4 Å². The second kappa shape index (κ2) is 6.63. The summed E-state index contributed by atoms with van der Waals surface area (Å²) in [6, 6.07) is 7.98. The fraction of sp³-hybridized carbons (Fsp3) is 0.500. The summed E-state index contributed by atoms with van der Waals surface area (Å²) in [5.74, 6) is -0.505. The number of carbonyl (C=O) groups is 3. The first-order valence-corrected chi connectivity index (χ1v) is 8.42. The van der Waals surface area contributed by atoms with E-state index in [2.05, 4.69) is 19.1 Å². The van der Waals surface area contributed by atoms with E-state index in [0.29, 0.717) is 6.54 Å². The van der Waals surface area contributed by atoms with Gasteiger partial charge >= 0.3 is 6.03 Å².